The summed E-state index contributed by atoms with van der Waals surface area (Å²) in [6.07, 6.45) is 2.97. The maximum absolute atomic E-state index is 12.8. The summed E-state index contributed by atoms with van der Waals surface area (Å²) < 4.78 is 0. The Balaban J connectivity index is 5.39. The van der Waals surface area contributed by atoms with Gasteiger partial charge in [0.15, 0.2) is 0 Å². The predicted molar refractivity (Wildman–Crippen MR) is 106 cm³/mol. The first-order valence-corrected chi connectivity index (χ1v) is 9.78. The molecule has 27 heavy (non-hydrogen) atoms. The zero-order chi connectivity index (χ0) is 21.1. The average molecular weight is 384 g/mol. The second kappa shape index (κ2) is 12.6. The second-order valence-corrected chi connectivity index (χ2v) is 8.41. The molecule has 0 bridgehead atoms. The first kappa shape index (κ1) is 25.2. The quantitative estimate of drug-likeness (QED) is 0.375. The van der Waals surface area contributed by atoms with Gasteiger partial charge in [0.25, 0.3) is 0 Å². The molecule has 7 nitrogen and oxygen atoms in total. The van der Waals surface area contributed by atoms with Gasteiger partial charge in [0.2, 0.25) is 11.8 Å². The van der Waals surface area contributed by atoms with Crippen molar-refractivity contribution in [3.63, 3.8) is 0 Å². The summed E-state index contributed by atoms with van der Waals surface area (Å²) in [5.74, 6) is -0.0186. The van der Waals surface area contributed by atoms with Crippen LogP contribution in [0.25, 0.3) is 0 Å². The van der Waals surface area contributed by atoms with Crippen molar-refractivity contribution in [2.45, 2.75) is 85.9 Å². The number of rotatable bonds is 13. The summed E-state index contributed by atoms with van der Waals surface area (Å²) >= 11 is 0. The normalized spacial score (nSPS) is 14.7. The van der Waals surface area contributed by atoms with Gasteiger partial charge in [-0.1, -0.05) is 41.5 Å². The molecule has 7 heteroatoms. The Morgan fingerprint density at radius 3 is 1.74 bits per heavy atom. The van der Waals surface area contributed by atoms with Crippen molar-refractivity contribution in [3.8, 4) is 0 Å². The third-order valence-electron chi connectivity index (χ3n) is 4.08. The molecule has 156 valence electrons. The van der Waals surface area contributed by atoms with Crippen LogP contribution in [0.5, 0.6) is 0 Å². The molecule has 0 unspecified atom stereocenters. The number of hydrazine groups is 1. The van der Waals surface area contributed by atoms with Crippen molar-refractivity contribution in [1.29, 1.82) is 0 Å². The van der Waals surface area contributed by atoms with E-state index < -0.39 is 18.1 Å². The Labute approximate surface area is 163 Å². The van der Waals surface area contributed by atoms with E-state index in [4.69, 9.17) is 0 Å². The van der Waals surface area contributed by atoms with Gasteiger partial charge in [-0.3, -0.25) is 14.6 Å². The molecule has 0 aromatic rings. The number of carbonyl (C=O) groups excluding carboxylic acids is 4. The molecule has 0 saturated carbocycles. The van der Waals surface area contributed by atoms with Crippen molar-refractivity contribution in [2.24, 2.45) is 17.8 Å². The lowest BCUT2D eigenvalue weighted by molar-refractivity contribution is -0.142. The number of amides is 2. The van der Waals surface area contributed by atoms with Crippen molar-refractivity contribution in [3.05, 3.63) is 0 Å². The molecule has 0 heterocycles. The predicted octanol–water partition coefficient (Wildman–Crippen LogP) is 2.10. The van der Waals surface area contributed by atoms with E-state index in [-0.39, 0.29) is 29.6 Å². The van der Waals surface area contributed by atoms with E-state index in [1.54, 1.807) is 0 Å². The Kier molecular flexibility index (Phi) is 11.8. The Bertz CT molecular complexity index is 492. The van der Waals surface area contributed by atoms with E-state index in [1.165, 1.54) is 11.9 Å². The van der Waals surface area contributed by atoms with E-state index in [1.807, 2.05) is 41.5 Å². The fourth-order valence-electron chi connectivity index (χ4n) is 2.92. The van der Waals surface area contributed by atoms with Gasteiger partial charge in [0.05, 0.1) is 6.04 Å². The summed E-state index contributed by atoms with van der Waals surface area (Å²) in [5.41, 5.74) is 2.95. The van der Waals surface area contributed by atoms with E-state index in [0.717, 1.165) is 12.6 Å². The Morgan fingerprint density at radius 1 is 0.852 bits per heavy atom. The van der Waals surface area contributed by atoms with Crippen LogP contribution in [0.1, 0.15) is 67.7 Å². The zero-order valence-electron chi connectivity index (χ0n) is 17.8. The average Bonchev–Trinajstić information content (AvgIpc) is 2.54. The monoisotopic (exact) mass is 383 g/mol. The molecule has 0 radical (unpaired) electrons. The van der Waals surface area contributed by atoms with Gasteiger partial charge >= 0.3 is 0 Å². The lowest BCUT2D eigenvalue weighted by Gasteiger charge is -2.33. The van der Waals surface area contributed by atoms with E-state index in [9.17, 15) is 19.2 Å². The first-order chi connectivity index (χ1) is 12.5. The largest absolute Gasteiger partial charge is 0.345 e. The van der Waals surface area contributed by atoms with E-state index in [0.29, 0.717) is 19.3 Å². The SMILES string of the molecule is CC(=O)N(N[C@@H](CC(C)C)C(=O)N[C@H](C=O)CC(C)C)[C@H](C=O)CC(C)C. The van der Waals surface area contributed by atoms with E-state index in [2.05, 4.69) is 10.7 Å². The van der Waals surface area contributed by atoms with Crippen LogP contribution in [0, 0.1) is 17.8 Å². The van der Waals surface area contributed by atoms with Crippen molar-refractivity contribution in [2.75, 3.05) is 0 Å². The van der Waals surface area contributed by atoms with Crippen molar-refractivity contribution < 1.29 is 19.2 Å². The highest BCUT2D eigenvalue weighted by Crippen LogP contribution is 2.12. The molecule has 0 spiro atoms. The van der Waals surface area contributed by atoms with Gasteiger partial charge in [-0.05, 0) is 37.0 Å². The molecule has 0 rings (SSSR count). The molecule has 0 saturated heterocycles. The molecule has 0 aromatic carbocycles. The van der Waals surface area contributed by atoms with Crippen molar-refractivity contribution >= 4 is 24.4 Å². The fraction of sp³-hybridized carbons (Fsp3) is 0.800. The van der Waals surface area contributed by atoms with Gasteiger partial charge in [0.1, 0.15) is 24.7 Å². The summed E-state index contributed by atoms with van der Waals surface area (Å²) in [6.45, 7) is 13.2. The first-order valence-electron chi connectivity index (χ1n) is 9.78. The highest BCUT2D eigenvalue weighted by atomic mass is 16.2. The Hall–Kier alpha value is -1.76. The van der Waals surface area contributed by atoms with Gasteiger partial charge in [0, 0.05) is 6.92 Å². The summed E-state index contributed by atoms with van der Waals surface area (Å²) in [7, 11) is 0. The van der Waals surface area contributed by atoms with Crippen LogP contribution in [-0.4, -0.2) is 47.5 Å². The lowest BCUT2D eigenvalue weighted by Crippen LogP contribution is -2.59. The topological polar surface area (TPSA) is 95.6 Å². The minimum atomic E-state index is -0.710. The summed E-state index contributed by atoms with van der Waals surface area (Å²) in [6, 6.07) is -1.93. The maximum Gasteiger partial charge on any atom is 0.239 e. The molecule has 0 aromatic heterocycles. The van der Waals surface area contributed by atoms with Crippen LogP contribution in [-0.2, 0) is 19.2 Å². The highest BCUT2D eigenvalue weighted by molar-refractivity contribution is 5.85. The summed E-state index contributed by atoms with van der Waals surface area (Å²) in [5, 5.41) is 4.00. The van der Waals surface area contributed by atoms with Crippen LogP contribution in [0.4, 0.5) is 0 Å². The molecule has 0 aliphatic heterocycles. The van der Waals surface area contributed by atoms with Crippen molar-refractivity contribution in [1.82, 2.24) is 15.8 Å². The standard InChI is InChI=1S/C20H37N3O4/c1-13(2)8-17(11-24)21-20(27)19(10-15(5)6)22-23(16(7)26)18(12-25)9-14(3)4/h11-15,17-19,22H,8-10H2,1-7H3,(H,21,27)/t17-,18-,19-/m0/s1. The Morgan fingerprint density at radius 2 is 1.37 bits per heavy atom. The minimum absolute atomic E-state index is 0.182. The summed E-state index contributed by atoms with van der Waals surface area (Å²) in [4.78, 5) is 47.7. The minimum Gasteiger partial charge on any atom is -0.345 e. The van der Waals surface area contributed by atoms with Crippen LogP contribution in [0.3, 0.4) is 0 Å². The van der Waals surface area contributed by atoms with Gasteiger partial charge < -0.3 is 14.9 Å². The molecule has 0 aliphatic rings. The fourth-order valence-corrected chi connectivity index (χ4v) is 2.92. The third-order valence-corrected chi connectivity index (χ3v) is 4.08. The molecule has 2 N–H and O–H groups in total. The second-order valence-electron chi connectivity index (χ2n) is 8.41. The molecule has 0 fully saturated rings. The number of nitrogens with zero attached hydrogens (tertiary/aromatic N) is 1. The molecule has 3 atom stereocenters. The van der Waals surface area contributed by atoms with Crippen LogP contribution >= 0.6 is 0 Å². The van der Waals surface area contributed by atoms with Crippen LogP contribution in [0.15, 0.2) is 0 Å². The molecular formula is C20H37N3O4. The molecular weight excluding hydrogens is 346 g/mol. The van der Waals surface area contributed by atoms with Crippen LogP contribution < -0.4 is 10.7 Å². The van der Waals surface area contributed by atoms with Gasteiger partial charge in [-0.2, -0.15) is 0 Å². The number of aldehydes is 2. The third kappa shape index (κ3) is 10.2. The van der Waals surface area contributed by atoms with Gasteiger partial charge in [-0.25, -0.2) is 5.43 Å². The number of hydrogen-bond donors (Lipinski definition) is 2. The number of hydrogen-bond acceptors (Lipinski definition) is 5. The zero-order valence-corrected chi connectivity index (χ0v) is 17.8. The number of carbonyl (C=O) groups is 4. The van der Waals surface area contributed by atoms with Crippen LogP contribution in [0.2, 0.25) is 0 Å². The maximum atomic E-state index is 12.8. The molecule has 2 amide bonds. The molecule has 0 aliphatic carbocycles. The van der Waals surface area contributed by atoms with Gasteiger partial charge in [-0.15, -0.1) is 0 Å². The van der Waals surface area contributed by atoms with E-state index >= 15 is 0 Å². The highest BCUT2D eigenvalue weighted by Gasteiger charge is 2.29. The number of nitrogens with one attached hydrogen (secondary N) is 2. The smallest absolute Gasteiger partial charge is 0.239 e. The lowest BCUT2D eigenvalue weighted by atomic mass is 10.0.